The lowest BCUT2D eigenvalue weighted by molar-refractivity contribution is -0.200. The van der Waals surface area contributed by atoms with Crippen LogP contribution in [-0.4, -0.2) is 35.9 Å². The third-order valence-corrected chi connectivity index (χ3v) is 1.86. The van der Waals surface area contributed by atoms with Crippen LogP contribution in [0.1, 0.15) is 6.92 Å². The van der Waals surface area contributed by atoms with E-state index in [0.29, 0.717) is 0 Å². The van der Waals surface area contributed by atoms with Crippen LogP contribution >= 0.6 is 0 Å². The highest BCUT2D eigenvalue weighted by molar-refractivity contribution is 6.12. The Labute approximate surface area is 90.6 Å². The lowest BCUT2D eigenvalue weighted by Crippen LogP contribution is -2.36. The Morgan fingerprint density at radius 2 is 1.69 bits per heavy atom. The van der Waals surface area contributed by atoms with Crippen molar-refractivity contribution < 1.29 is 28.8 Å². The van der Waals surface area contributed by atoms with Crippen molar-refractivity contribution in [2.24, 2.45) is 5.92 Å². The number of esters is 1. The van der Waals surface area contributed by atoms with Crippen LogP contribution in [0.3, 0.4) is 0 Å². The summed E-state index contributed by atoms with van der Waals surface area (Å²) < 4.78 is 4.31. The summed E-state index contributed by atoms with van der Waals surface area (Å²) in [4.78, 5) is 48.7. The lowest BCUT2D eigenvalue weighted by Gasteiger charge is -2.14. The highest BCUT2D eigenvalue weighted by Crippen LogP contribution is 2.08. The van der Waals surface area contributed by atoms with Gasteiger partial charge in [-0.3, -0.25) is 14.4 Å². The van der Waals surface area contributed by atoms with Gasteiger partial charge in [-0.25, -0.2) is 4.79 Å². The fraction of sp³-hybridized carbons (Fsp3) is 0.333. The highest BCUT2D eigenvalue weighted by Gasteiger charge is 2.32. The maximum absolute atomic E-state index is 11.3. The van der Waals surface area contributed by atoms with Crippen LogP contribution in [0.5, 0.6) is 0 Å². The van der Waals surface area contributed by atoms with E-state index in [9.17, 15) is 19.2 Å². The molecule has 86 valence electrons. The molecule has 7 heteroatoms. The lowest BCUT2D eigenvalue weighted by atomic mass is 10.2. The van der Waals surface area contributed by atoms with Gasteiger partial charge >= 0.3 is 11.9 Å². The topological polar surface area (TPSA) is 90.0 Å². The first kappa shape index (κ1) is 11.9. The van der Waals surface area contributed by atoms with Crippen molar-refractivity contribution in [3.8, 4) is 0 Å². The van der Waals surface area contributed by atoms with E-state index in [-0.39, 0.29) is 5.06 Å². The molecule has 0 radical (unpaired) electrons. The number of methoxy groups -OCH3 is 1. The van der Waals surface area contributed by atoms with Gasteiger partial charge in [0, 0.05) is 12.2 Å². The summed E-state index contributed by atoms with van der Waals surface area (Å²) in [5.41, 5.74) is 0. The van der Waals surface area contributed by atoms with Crippen molar-refractivity contribution in [3.05, 3.63) is 12.2 Å². The van der Waals surface area contributed by atoms with E-state index in [4.69, 9.17) is 0 Å². The summed E-state index contributed by atoms with van der Waals surface area (Å²) in [6.45, 7) is 1.24. The summed E-state index contributed by atoms with van der Waals surface area (Å²) >= 11 is 0. The number of hydrogen-bond acceptors (Lipinski definition) is 6. The second-order valence-corrected chi connectivity index (χ2v) is 2.96. The van der Waals surface area contributed by atoms with Crippen LogP contribution in [0.2, 0.25) is 0 Å². The Kier molecular flexibility index (Phi) is 3.39. The van der Waals surface area contributed by atoms with Crippen molar-refractivity contribution in [2.45, 2.75) is 6.92 Å². The molecule has 0 aromatic rings. The van der Waals surface area contributed by atoms with Crippen molar-refractivity contribution >= 4 is 23.8 Å². The van der Waals surface area contributed by atoms with Crippen LogP contribution in [0.4, 0.5) is 0 Å². The van der Waals surface area contributed by atoms with Gasteiger partial charge in [0.2, 0.25) is 0 Å². The predicted octanol–water partition coefficient (Wildman–Crippen LogP) is -0.821. The Balaban J connectivity index is 2.62. The second kappa shape index (κ2) is 4.56. The van der Waals surface area contributed by atoms with Crippen LogP contribution in [-0.2, 0) is 28.8 Å². The molecule has 1 aliphatic heterocycles. The number of hydroxylamine groups is 2. The minimum absolute atomic E-state index is 0.280. The quantitative estimate of drug-likeness (QED) is 0.355. The Bertz CT molecular complexity index is 367. The summed E-state index contributed by atoms with van der Waals surface area (Å²) in [6.07, 6.45) is 1.91. The number of hydrogen-bond donors (Lipinski definition) is 0. The van der Waals surface area contributed by atoms with E-state index in [2.05, 4.69) is 9.57 Å². The minimum Gasteiger partial charge on any atom is -0.468 e. The zero-order valence-corrected chi connectivity index (χ0v) is 8.63. The largest absolute Gasteiger partial charge is 0.468 e. The summed E-state index contributed by atoms with van der Waals surface area (Å²) in [5, 5.41) is 0.280. The van der Waals surface area contributed by atoms with Gasteiger partial charge < -0.3 is 9.57 Å². The van der Waals surface area contributed by atoms with Crippen LogP contribution in [0, 0.1) is 5.92 Å². The van der Waals surface area contributed by atoms with Crippen molar-refractivity contribution in [1.82, 2.24) is 5.06 Å². The third kappa shape index (κ3) is 2.25. The monoisotopic (exact) mass is 227 g/mol. The average Bonchev–Trinajstić information content (AvgIpc) is 2.58. The Hall–Kier alpha value is -2.18. The first-order valence-electron chi connectivity index (χ1n) is 4.33. The molecule has 0 saturated carbocycles. The number of carbonyl (C=O) groups excluding carboxylic acids is 4. The third-order valence-electron chi connectivity index (χ3n) is 1.86. The molecule has 1 aliphatic rings. The van der Waals surface area contributed by atoms with Gasteiger partial charge in [-0.15, -0.1) is 0 Å². The standard InChI is InChI=1S/C9H9NO6/c1-5(8(13)15-2)9(14)16-10-6(11)3-4-7(10)12/h3-5H,1-2H3. The molecule has 7 nitrogen and oxygen atoms in total. The molecule has 1 heterocycles. The van der Waals surface area contributed by atoms with E-state index in [0.717, 1.165) is 19.3 Å². The predicted molar refractivity (Wildman–Crippen MR) is 48.3 cm³/mol. The second-order valence-electron chi connectivity index (χ2n) is 2.96. The van der Waals surface area contributed by atoms with Crippen LogP contribution in [0.25, 0.3) is 0 Å². The fourth-order valence-electron chi connectivity index (χ4n) is 0.919. The average molecular weight is 227 g/mol. The summed E-state index contributed by atoms with van der Waals surface area (Å²) in [7, 11) is 1.11. The number of ether oxygens (including phenoxy) is 1. The molecule has 2 amide bonds. The molecule has 1 atom stereocenters. The summed E-state index contributed by atoms with van der Waals surface area (Å²) in [5.74, 6) is -4.58. The molecule has 1 unspecified atom stereocenters. The van der Waals surface area contributed by atoms with Crippen LogP contribution in [0.15, 0.2) is 12.2 Å². The smallest absolute Gasteiger partial charge is 0.347 e. The van der Waals surface area contributed by atoms with Gasteiger partial charge in [0.05, 0.1) is 7.11 Å². The molecule has 0 bridgehead atoms. The van der Waals surface area contributed by atoms with Gasteiger partial charge in [-0.05, 0) is 6.92 Å². The van der Waals surface area contributed by atoms with E-state index < -0.39 is 29.7 Å². The molecule has 0 spiro atoms. The molecule has 1 rings (SSSR count). The molecular weight excluding hydrogens is 218 g/mol. The molecule has 16 heavy (non-hydrogen) atoms. The molecular formula is C9H9NO6. The van der Waals surface area contributed by atoms with Gasteiger partial charge in [-0.2, -0.15) is 0 Å². The number of rotatable bonds is 3. The van der Waals surface area contributed by atoms with Crippen molar-refractivity contribution in [1.29, 1.82) is 0 Å². The number of carbonyl (C=O) groups is 4. The van der Waals surface area contributed by atoms with Gasteiger partial charge in [0.1, 0.15) is 0 Å². The maximum atomic E-state index is 11.3. The van der Waals surface area contributed by atoms with Crippen molar-refractivity contribution in [2.75, 3.05) is 7.11 Å². The minimum atomic E-state index is -1.20. The number of amides is 2. The Morgan fingerprint density at radius 3 is 2.12 bits per heavy atom. The van der Waals surface area contributed by atoms with Crippen molar-refractivity contribution in [3.63, 3.8) is 0 Å². The van der Waals surface area contributed by atoms with E-state index >= 15 is 0 Å². The first-order chi connectivity index (χ1) is 7.47. The molecule has 0 aromatic heterocycles. The number of imide groups is 1. The SMILES string of the molecule is COC(=O)C(C)C(=O)ON1C(=O)C=CC1=O. The Morgan fingerprint density at radius 1 is 1.19 bits per heavy atom. The maximum Gasteiger partial charge on any atom is 0.347 e. The zero-order chi connectivity index (χ0) is 12.3. The van der Waals surface area contributed by atoms with Gasteiger partial charge in [-0.1, -0.05) is 5.06 Å². The fourth-order valence-corrected chi connectivity index (χ4v) is 0.919. The van der Waals surface area contributed by atoms with E-state index in [1.807, 2.05) is 0 Å². The van der Waals surface area contributed by atoms with E-state index in [1.165, 1.54) is 6.92 Å². The number of nitrogens with zero attached hydrogens (tertiary/aromatic N) is 1. The molecule has 0 N–H and O–H groups in total. The van der Waals surface area contributed by atoms with E-state index in [1.54, 1.807) is 0 Å². The normalized spacial score (nSPS) is 16.2. The van der Waals surface area contributed by atoms with Gasteiger partial charge in [0.25, 0.3) is 11.8 Å². The molecule has 0 fully saturated rings. The molecule has 0 aromatic carbocycles. The summed E-state index contributed by atoms with van der Waals surface area (Å²) in [6, 6.07) is 0. The molecule has 0 aliphatic carbocycles. The van der Waals surface area contributed by atoms with Gasteiger partial charge in [0.15, 0.2) is 5.92 Å². The molecule has 0 saturated heterocycles. The first-order valence-corrected chi connectivity index (χ1v) is 4.33. The zero-order valence-electron chi connectivity index (χ0n) is 8.63. The van der Waals surface area contributed by atoms with Crippen LogP contribution < -0.4 is 0 Å². The highest BCUT2D eigenvalue weighted by atomic mass is 16.7.